The van der Waals surface area contributed by atoms with Gasteiger partial charge < -0.3 is 0 Å². The second kappa shape index (κ2) is 6.30. The van der Waals surface area contributed by atoms with E-state index < -0.39 is 0 Å². The van der Waals surface area contributed by atoms with Gasteiger partial charge in [0.25, 0.3) is 5.56 Å². The van der Waals surface area contributed by atoms with Crippen LogP contribution in [0.15, 0.2) is 29.1 Å². The predicted octanol–water partition coefficient (Wildman–Crippen LogP) is 3.21. The van der Waals surface area contributed by atoms with Gasteiger partial charge in [-0.1, -0.05) is 26.0 Å². The number of benzene rings is 1. The second-order valence-electron chi connectivity index (χ2n) is 7.11. The Morgan fingerprint density at radius 2 is 1.80 bits per heavy atom. The summed E-state index contributed by atoms with van der Waals surface area (Å²) in [6, 6.07) is 9.23. The fraction of sp³-hybridized carbons (Fsp3) is 0.500. The molecule has 0 N–H and O–H groups in total. The van der Waals surface area contributed by atoms with Gasteiger partial charge in [-0.2, -0.15) is 0 Å². The van der Waals surface area contributed by atoms with E-state index in [4.69, 9.17) is 4.98 Å². The maximum Gasteiger partial charge on any atom is 0.259 e. The Labute approximate surface area is 148 Å². The molecule has 5 nitrogen and oxygen atoms in total. The average Bonchev–Trinajstić information content (AvgIpc) is 3.47. The first-order valence-corrected chi connectivity index (χ1v) is 9.33. The second-order valence-corrected chi connectivity index (χ2v) is 7.11. The molecular weight excluding hydrogens is 312 g/mol. The molecule has 1 aliphatic heterocycles. The summed E-state index contributed by atoms with van der Waals surface area (Å²) < 4.78 is 1.86. The SMILES string of the molecule is CCc1ccc(N2CN(C3CC3)Cn3c2nc(C)c(CC)c3=O)cc1. The molecule has 2 aromatic rings. The fourth-order valence-corrected chi connectivity index (χ4v) is 3.68. The number of nitrogens with zero attached hydrogens (tertiary/aromatic N) is 4. The van der Waals surface area contributed by atoms with E-state index in [1.165, 1.54) is 18.4 Å². The van der Waals surface area contributed by atoms with E-state index in [2.05, 4.69) is 41.0 Å². The van der Waals surface area contributed by atoms with Crippen LogP contribution in [-0.2, 0) is 19.5 Å². The molecule has 25 heavy (non-hydrogen) atoms. The Bertz CT molecular complexity index is 836. The molecule has 0 atom stereocenters. The Morgan fingerprint density at radius 1 is 1.08 bits per heavy atom. The van der Waals surface area contributed by atoms with Crippen LogP contribution in [-0.4, -0.2) is 27.2 Å². The van der Waals surface area contributed by atoms with Crippen LogP contribution in [0.1, 0.15) is 43.5 Å². The van der Waals surface area contributed by atoms with Crippen LogP contribution in [0.3, 0.4) is 0 Å². The standard InChI is InChI=1S/C20H26N4O/c1-4-15-6-8-17(9-7-15)23-12-22(16-10-11-16)13-24-19(25)18(5-2)14(3)21-20(23)24/h6-9,16H,4-5,10-13H2,1-3H3. The molecule has 0 radical (unpaired) electrons. The van der Waals surface area contributed by atoms with Crippen molar-refractivity contribution in [2.24, 2.45) is 0 Å². The first-order valence-electron chi connectivity index (χ1n) is 9.33. The minimum atomic E-state index is 0.116. The molecule has 1 aromatic carbocycles. The van der Waals surface area contributed by atoms with Crippen molar-refractivity contribution >= 4 is 11.6 Å². The smallest absolute Gasteiger partial charge is 0.259 e. The predicted molar refractivity (Wildman–Crippen MR) is 100 cm³/mol. The Hall–Kier alpha value is -2.14. The molecule has 0 bridgehead atoms. The van der Waals surface area contributed by atoms with Gasteiger partial charge in [-0.05, 0) is 50.3 Å². The molecule has 1 aromatic heterocycles. The van der Waals surface area contributed by atoms with Gasteiger partial charge in [0.1, 0.15) is 0 Å². The Morgan fingerprint density at radius 3 is 2.40 bits per heavy atom. The quantitative estimate of drug-likeness (QED) is 0.858. The molecule has 4 rings (SSSR count). The molecule has 0 spiro atoms. The van der Waals surface area contributed by atoms with Crippen LogP contribution in [0.2, 0.25) is 0 Å². The molecule has 5 heteroatoms. The van der Waals surface area contributed by atoms with Crippen molar-refractivity contribution in [3.8, 4) is 0 Å². The summed E-state index contributed by atoms with van der Waals surface area (Å²) in [5, 5.41) is 0. The zero-order valence-electron chi connectivity index (χ0n) is 15.3. The van der Waals surface area contributed by atoms with Crippen LogP contribution < -0.4 is 10.5 Å². The fourth-order valence-electron chi connectivity index (χ4n) is 3.68. The summed E-state index contributed by atoms with van der Waals surface area (Å²) in [5.74, 6) is 0.779. The molecule has 0 amide bonds. The molecule has 0 unspecified atom stereocenters. The third-order valence-corrected chi connectivity index (χ3v) is 5.41. The van der Waals surface area contributed by atoms with E-state index in [1.54, 1.807) is 0 Å². The molecule has 132 valence electrons. The van der Waals surface area contributed by atoms with Crippen molar-refractivity contribution in [1.29, 1.82) is 0 Å². The monoisotopic (exact) mass is 338 g/mol. The minimum Gasteiger partial charge on any atom is -0.298 e. The van der Waals surface area contributed by atoms with Crippen molar-refractivity contribution in [2.75, 3.05) is 11.6 Å². The average molecular weight is 338 g/mol. The van der Waals surface area contributed by atoms with Crippen molar-refractivity contribution < 1.29 is 0 Å². The topological polar surface area (TPSA) is 41.4 Å². The maximum absolute atomic E-state index is 13.0. The zero-order valence-corrected chi connectivity index (χ0v) is 15.3. The van der Waals surface area contributed by atoms with Gasteiger partial charge in [0, 0.05) is 23.0 Å². The van der Waals surface area contributed by atoms with Crippen molar-refractivity contribution in [3.05, 3.63) is 51.4 Å². The van der Waals surface area contributed by atoms with Crippen LogP contribution >= 0.6 is 0 Å². The number of fused-ring (bicyclic) bond motifs is 1. The van der Waals surface area contributed by atoms with Gasteiger partial charge in [-0.15, -0.1) is 0 Å². The molecule has 2 heterocycles. The van der Waals surface area contributed by atoms with Gasteiger partial charge in [0.2, 0.25) is 5.95 Å². The van der Waals surface area contributed by atoms with E-state index in [9.17, 15) is 4.79 Å². The molecule has 2 aliphatic rings. The summed E-state index contributed by atoms with van der Waals surface area (Å²) in [7, 11) is 0. The van der Waals surface area contributed by atoms with E-state index in [0.717, 1.165) is 42.4 Å². The maximum atomic E-state index is 13.0. The third-order valence-electron chi connectivity index (χ3n) is 5.41. The van der Waals surface area contributed by atoms with Crippen molar-refractivity contribution in [1.82, 2.24) is 14.5 Å². The van der Waals surface area contributed by atoms with Crippen molar-refractivity contribution in [3.63, 3.8) is 0 Å². The third kappa shape index (κ3) is 2.86. The highest BCUT2D eigenvalue weighted by Gasteiger charge is 2.35. The summed E-state index contributed by atoms with van der Waals surface area (Å²) in [5.41, 5.74) is 4.23. The summed E-state index contributed by atoms with van der Waals surface area (Å²) in [4.78, 5) is 22.4. The van der Waals surface area contributed by atoms with Crippen LogP contribution in [0.4, 0.5) is 11.6 Å². The van der Waals surface area contributed by atoms with Crippen molar-refractivity contribution in [2.45, 2.75) is 59.2 Å². The number of hydrogen-bond acceptors (Lipinski definition) is 4. The highest BCUT2D eigenvalue weighted by molar-refractivity contribution is 5.59. The number of hydrogen-bond donors (Lipinski definition) is 0. The first-order chi connectivity index (χ1) is 12.1. The zero-order chi connectivity index (χ0) is 17.6. The van der Waals surface area contributed by atoms with Crippen LogP contribution in [0, 0.1) is 6.92 Å². The van der Waals surface area contributed by atoms with Gasteiger partial charge >= 0.3 is 0 Å². The summed E-state index contributed by atoms with van der Waals surface area (Å²) in [6.07, 6.45) is 4.22. The highest BCUT2D eigenvalue weighted by Crippen LogP contribution is 2.34. The highest BCUT2D eigenvalue weighted by atomic mass is 16.1. The Kier molecular flexibility index (Phi) is 4.12. The number of anilines is 2. The van der Waals surface area contributed by atoms with Gasteiger partial charge in [-0.3, -0.25) is 19.2 Å². The molecule has 1 fully saturated rings. The lowest BCUT2D eigenvalue weighted by Crippen LogP contribution is -2.48. The summed E-state index contributed by atoms with van der Waals surface area (Å²) in [6.45, 7) is 7.60. The molecular formula is C20H26N4O. The first kappa shape index (κ1) is 16.3. The molecule has 1 aliphatic carbocycles. The Balaban J connectivity index is 1.82. The lowest BCUT2D eigenvalue weighted by atomic mass is 10.1. The number of aryl methyl sites for hydroxylation is 2. The summed E-state index contributed by atoms with van der Waals surface area (Å²) >= 11 is 0. The van der Waals surface area contributed by atoms with Gasteiger partial charge in [0.15, 0.2) is 0 Å². The normalized spacial score (nSPS) is 17.6. The van der Waals surface area contributed by atoms with E-state index in [-0.39, 0.29) is 5.56 Å². The van der Waals surface area contributed by atoms with E-state index in [0.29, 0.717) is 12.7 Å². The largest absolute Gasteiger partial charge is 0.298 e. The van der Waals surface area contributed by atoms with Crippen LogP contribution in [0.25, 0.3) is 0 Å². The molecule has 1 saturated carbocycles. The lowest BCUT2D eigenvalue weighted by molar-refractivity contribution is 0.188. The molecule has 0 saturated heterocycles. The van der Waals surface area contributed by atoms with Crippen LogP contribution in [0.5, 0.6) is 0 Å². The van der Waals surface area contributed by atoms with E-state index >= 15 is 0 Å². The number of aromatic nitrogens is 2. The van der Waals surface area contributed by atoms with Gasteiger partial charge in [0.05, 0.1) is 13.3 Å². The van der Waals surface area contributed by atoms with Gasteiger partial charge in [-0.25, -0.2) is 4.98 Å². The lowest BCUT2D eigenvalue weighted by Gasteiger charge is -2.38. The van der Waals surface area contributed by atoms with E-state index in [1.807, 2.05) is 18.4 Å². The number of rotatable bonds is 4. The minimum absolute atomic E-state index is 0.116.